The van der Waals surface area contributed by atoms with E-state index in [1.165, 1.54) is 0 Å². The molecule has 1 rings (SSSR count). The average molecular weight is 224 g/mol. The Labute approximate surface area is 89.2 Å². The average Bonchev–Trinajstić information content (AvgIpc) is 2.73. The first-order chi connectivity index (χ1) is 7.65. The number of H-pyrrole nitrogens is 1. The van der Waals surface area contributed by atoms with Crippen LogP contribution in [-0.2, 0) is 0 Å². The summed E-state index contributed by atoms with van der Waals surface area (Å²) in [5.41, 5.74) is 7.89. The molecule has 9 nitrogen and oxygen atoms in total. The minimum absolute atomic E-state index is 0.0904. The first kappa shape index (κ1) is 11.5. The summed E-state index contributed by atoms with van der Waals surface area (Å²) < 4.78 is 0. The molecule has 0 bridgehead atoms. The Hall–Kier alpha value is -2.54. The second kappa shape index (κ2) is 5.37. The summed E-state index contributed by atoms with van der Waals surface area (Å²) in [6.07, 6.45) is 1.13. The molecule has 2 N–H and O–H groups in total. The Morgan fingerprint density at radius 1 is 1.75 bits per heavy atom. The van der Waals surface area contributed by atoms with Crippen LogP contribution in [0, 0.1) is 10.1 Å². The molecule has 1 aromatic rings. The summed E-state index contributed by atoms with van der Waals surface area (Å²) in [5.74, 6) is -0.485. The van der Waals surface area contributed by atoms with E-state index >= 15 is 0 Å². The van der Waals surface area contributed by atoms with Gasteiger partial charge in [-0.05, 0) is 5.53 Å². The molecule has 0 saturated heterocycles. The van der Waals surface area contributed by atoms with Gasteiger partial charge in [0.2, 0.25) is 0 Å². The Balaban J connectivity index is 2.52. The number of hydrogen-bond acceptors (Lipinski definition) is 4. The van der Waals surface area contributed by atoms with Crippen molar-refractivity contribution < 1.29 is 9.72 Å². The van der Waals surface area contributed by atoms with Crippen molar-refractivity contribution in [2.24, 2.45) is 5.11 Å². The van der Waals surface area contributed by atoms with Crippen molar-refractivity contribution in [3.05, 3.63) is 38.5 Å². The third-order valence-corrected chi connectivity index (χ3v) is 1.68. The van der Waals surface area contributed by atoms with E-state index in [1.807, 2.05) is 0 Å². The Bertz CT molecular complexity index is 447. The molecule has 0 aliphatic carbocycles. The maximum absolute atomic E-state index is 11.3. The van der Waals surface area contributed by atoms with Crippen LogP contribution in [0.15, 0.2) is 17.4 Å². The quantitative estimate of drug-likeness (QED) is 0.192. The molecule has 0 radical (unpaired) electrons. The van der Waals surface area contributed by atoms with Crippen molar-refractivity contribution in [1.82, 2.24) is 10.3 Å². The molecule has 0 aromatic carbocycles. The van der Waals surface area contributed by atoms with E-state index in [1.54, 1.807) is 0 Å². The number of nitro groups is 1. The van der Waals surface area contributed by atoms with Crippen LogP contribution in [0.25, 0.3) is 10.4 Å². The smallest absolute Gasteiger partial charge is 0.287 e. The second-order valence-electron chi connectivity index (χ2n) is 2.74. The summed E-state index contributed by atoms with van der Waals surface area (Å²) in [4.78, 5) is 26.1. The standard InChI is InChI=1S/C7H8N6O3/c8-12-11-2-1-9-7(14)6-3-5(4-10-6)13(15)16/h3-4,10H,1-2H2,(H,9,14). The van der Waals surface area contributed by atoms with Crippen LogP contribution in [-0.4, -0.2) is 28.9 Å². The predicted molar refractivity (Wildman–Crippen MR) is 53.8 cm³/mol. The lowest BCUT2D eigenvalue weighted by atomic mass is 10.4. The molecule has 1 amide bonds. The monoisotopic (exact) mass is 224 g/mol. The Morgan fingerprint density at radius 3 is 3.06 bits per heavy atom. The maximum atomic E-state index is 11.3. The van der Waals surface area contributed by atoms with Crippen molar-refractivity contribution >= 4 is 11.6 Å². The molecule has 16 heavy (non-hydrogen) atoms. The first-order valence-corrected chi connectivity index (χ1v) is 4.27. The van der Waals surface area contributed by atoms with Gasteiger partial charge in [-0.15, -0.1) is 0 Å². The van der Waals surface area contributed by atoms with E-state index < -0.39 is 10.8 Å². The summed E-state index contributed by atoms with van der Waals surface area (Å²) in [5, 5.41) is 16.0. The Kier molecular flexibility index (Phi) is 3.87. The highest BCUT2D eigenvalue weighted by molar-refractivity contribution is 5.93. The van der Waals surface area contributed by atoms with Gasteiger partial charge >= 0.3 is 0 Å². The van der Waals surface area contributed by atoms with Gasteiger partial charge in [-0.2, -0.15) is 0 Å². The van der Waals surface area contributed by atoms with Crippen molar-refractivity contribution in [2.75, 3.05) is 13.1 Å². The normalized spacial score (nSPS) is 9.25. The van der Waals surface area contributed by atoms with E-state index in [0.717, 1.165) is 12.3 Å². The van der Waals surface area contributed by atoms with Crippen molar-refractivity contribution in [2.45, 2.75) is 0 Å². The largest absolute Gasteiger partial charge is 0.351 e. The third kappa shape index (κ3) is 3.00. The van der Waals surface area contributed by atoms with Gasteiger partial charge < -0.3 is 10.3 Å². The van der Waals surface area contributed by atoms with Crippen LogP contribution in [0.3, 0.4) is 0 Å². The van der Waals surface area contributed by atoms with Gasteiger partial charge in [-0.25, -0.2) is 0 Å². The fourth-order valence-electron chi connectivity index (χ4n) is 0.979. The van der Waals surface area contributed by atoms with Gasteiger partial charge in [0.25, 0.3) is 11.6 Å². The van der Waals surface area contributed by atoms with E-state index in [-0.39, 0.29) is 24.5 Å². The number of aromatic amines is 1. The van der Waals surface area contributed by atoms with Crippen molar-refractivity contribution in [3.63, 3.8) is 0 Å². The van der Waals surface area contributed by atoms with Crippen molar-refractivity contribution in [3.8, 4) is 0 Å². The topological polar surface area (TPSA) is 137 Å². The molecule has 0 aliphatic rings. The summed E-state index contributed by atoms with van der Waals surface area (Å²) in [7, 11) is 0. The molecule has 0 unspecified atom stereocenters. The van der Waals surface area contributed by atoms with E-state index in [2.05, 4.69) is 20.3 Å². The number of aromatic nitrogens is 1. The number of nitrogens with zero attached hydrogens (tertiary/aromatic N) is 4. The van der Waals surface area contributed by atoms with Gasteiger partial charge in [0, 0.05) is 24.1 Å². The number of hydrogen-bond donors (Lipinski definition) is 2. The van der Waals surface area contributed by atoms with Gasteiger partial charge in [0.1, 0.15) is 5.69 Å². The summed E-state index contributed by atoms with van der Waals surface area (Å²) in [6, 6.07) is 1.13. The van der Waals surface area contributed by atoms with E-state index in [0.29, 0.717) is 0 Å². The Morgan fingerprint density at radius 2 is 2.50 bits per heavy atom. The number of carbonyl (C=O) groups is 1. The zero-order valence-electron chi connectivity index (χ0n) is 8.08. The van der Waals surface area contributed by atoms with Crippen LogP contribution in [0.4, 0.5) is 5.69 Å². The lowest BCUT2D eigenvalue weighted by Gasteiger charge is -1.99. The molecular weight excluding hydrogens is 216 g/mol. The molecule has 9 heteroatoms. The highest BCUT2D eigenvalue weighted by atomic mass is 16.6. The number of nitrogens with one attached hydrogen (secondary N) is 2. The number of azide groups is 1. The fourth-order valence-corrected chi connectivity index (χ4v) is 0.979. The highest BCUT2D eigenvalue weighted by Gasteiger charge is 2.13. The summed E-state index contributed by atoms with van der Waals surface area (Å²) >= 11 is 0. The van der Waals surface area contributed by atoms with Crippen LogP contribution in [0.1, 0.15) is 10.5 Å². The minimum Gasteiger partial charge on any atom is -0.351 e. The number of rotatable bonds is 5. The molecule has 0 aliphatic heterocycles. The molecule has 84 valence electrons. The van der Waals surface area contributed by atoms with Crippen LogP contribution in [0.2, 0.25) is 0 Å². The zero-order valence-corrected chi connectivity index (χ0v) is 8.08. The van der Waals surface area contributed by atoms with E-state index in [4.69, 9.17) is 5.53 Å². The molecule has 1 aromatic heterocycles. The number of carbonyl (C=O) groups excluding carboxylic acids is 1. The zero-order chi connectivity index (χ0) is 12.0. The molecule has 1 heterocycles. The van der Waals surface area contributed by atoms with Gasteiger partial charge in [0.15, 0.2) is 0 Å². The van der Waals surface area contributed by atoms with Gasteiger partial charge in [0.05, 0.1) is 11.1 Å². The molecule has 0 fully saturated rings. The van der Waals surface area contributed by atoms with Crippen LogP contribution >= 0.6 is 0 Å². The minimum atomic E-state index is -0.604. The summed E-state index contributed by atoms with van der Waals surface area (Å²) in [6.45, 7) is 0.306. The predicted octanol–water partition coefficient (Wildman–Crippen LogP) is 0.963. The third-order valence-electron chi connectivity index (χ3n) is 1.68. The SMILES string of the molecule is [N-]=[N+]=NCCNC(=O)c1cc([N+](=O)[O-])c[nH]1. The van der Waals surface area contributed by atoms with Crippen LogP contribution < -0.4 is 5.32 Å². The first-order valence-electron chi connectivity index (χ1n) is 4.27. The van der Waals surface area contributed by atoms with Gasteiger partial charge in [-0.3, -0.25) is 14.9 Å². The van der Waals surface area contributed by atoms with Crippen LogP contribution in [0.5, 0.6) is 0 Å². The van der Waals surface area contributed by atoms with E-state index in [9.17, 15) is 14.9 Å². The molecule has 0 saturated carbocycles. The second-order valence-corrected chi connectivity index (χ2v) is 2.74. The maximum Gasteiger partial charge on any atom is 0.287 e. The van der Waals surface area contributed by atoms with Gasteiger partial charge in [-0.1, -0.05) is 5.11 Å². The molecule has 0 spiro atoms. The lowest BCUT2D eigenvalue weighted by molar-refractivity contribution is -0.384. The fraction of sp³-hybridized carbons (Fsp3) is 0.286. The highest BCUT2D eigenvalue weighted by Crippen LogP contribution is 2.11. The molecule has 0 atom stereocenters. The number of amides is 1. The van der Waals surface area contributed by atoms with Crippen molar-refractivity contribution in [1.29, 1.82) is 0 Å². The lowest BCUT2D eigenvalue weighted by Crippen LogP contribution is -2.26. The molecular formula is C7H8N6O3.